The van der Waals surface area contributed by atoms with Gasteiger partial charge in [-0.1, -0.05) is 12.0 Å². The fourth-order valence-corrected chi connectivity index (χ4v) is 1.41. The zero-order chi connectivity index (χ0) is 11.5. The molecule has 0 radical (unpaired) electrons. The molecule has 5 heteroatoms. The summed E-state index contributed by atoms with van der Waals surface area (Å²) in [5, 5.41) is 3.53. The summed E-state index contributed by atoms with van der Waals surface area (Å²) >= 11 is 0. The van der Waals surface area contributed by atoms with Crippen molar-refractivity contribution in [3.63, 3.8) is 0 Å². The van der Waals surface area contributed by atoms with E-state index in [9.17, 15) is 0 Å². The maximum Gasteiger partial charge on any atom is 0.0589 e. The lowest BCUT2D eigenvalue weighted by Gasteiger charge is -2.27. The van der Waals surface area contributed by atoms with Gasteiger partial charge in [-0.15, -0.1) is 0 Å². The van der Waals surface area contributed by atoms with E-state index >= 15 is 0 Å². The van der Waals surface area contributed by atoms with Crippen molar-refractivity contribution in [2.24, 2.45) is 5.11 Å². The van der Waals surface area contributed by atoms with E-state index in [1.54, 1.807) is 7.11 Å². The van der Waals surface area contributed by atoms with Crippen LogP contribution >= 0.6 is 0 Å². The maximum absolute atomic E-state index is 8.15. The predicted octanol–water partition coefficient (Wildman–Crippen LogP) is 2.43. The van der Waals surface area contributed by atoms with Gasteiger partial charge in [0.1, 0.15) is 0 Å². The van der Waals surface area contributed by atoms with Crippen LogP contribution in [0.5, 0.6) is 0 Å². The number of ether oxygens (including phenoxy) is 1. The first kappa shape index (κ1) is 14.2. The van der Waals surface area contributed by atoms with Crippen LogP contribution < -0.4 is 0 Å². The molecular weight excluding hydrogens is 192 g/mol. The summed E-state index contributed by atoms with van der Waals surface area (Å²) in [5.74, 6) is 0. The molecule has 1 unspecified atom stereocenters. The van der Waals surface area contributed by atoms with Gasteiger partial charge in [0.05, 0.1) is 6.61 Å². The maximum atomic E-state index is 8.15. The average Bonchev–Trinajstić information content (AvgIpc) is 2.27. The Morgan fingerprint density at radius 2 is 2.20 bits per heavy atom. The minimum absolute atomic E-state index is 0.561. The third-order valence-electron chi connectivity index (χ3n) is 2.56. The van der Waals surface area contributed by atoms with Crippen molar-refractivity contribution >= 4 is 0 Å². The van der Waals surface area contributed by atoms with Crippen LogP contribution in [0, 0.1) is 0 Å². The predicted molar refractivity (Wildman–Crippen MR) is 61.8 cm³/mol. The number of hydrogen-bond donors (Lipinski definition) is 0. The molecule has 15 heavy (non-hydrogen) atoms. The molecule has 0 N–H and O–H groups in total. The average molecular weight is 214 g/mol. The summed E-state index contributed by atoms with van der Waals surface area (Å²) in [5.41, 5.74) is 8.15. The zero-order valence-electron chi connectivity index (χ0n) is 10.0. The van der Waals surface area contributed by atoms with Gasteiger partial charge < -0.3 is 4.74 Å². The van der Waals surface area contributed by atoms with E-state index in [4.69, 9.17) is 10.3 Å². The highest BCUT2D eigenvalue weighted by molar-refractivity contribution is 4.66. The van der Waals surface area contributed by atoms with Crippen LogP contribution in [0.1, 0.15) is 26.7 Å². The molecule has 0 aliphatic carbocycles. The molecule has 0 aromatic rings. The van der Waals surface area contributed by atoms with Crippen molar-refractivity contribution in [2.45, 2.75) is 32.7 Å². The third kappa shape index (κ3) is 7.19. The van der Waals surface area contributed by atoms with Gasteiger partial charge >= 0.3 is 0 Å². The zero-order valence-corrected chi connectivity index (χ0v) is 10.0. The largest absolute Gasteiger partial charge is 0.383 e. The molecular formula is C10H22N4O. The lowest BCUT2D eigenvalue weighted by molar-refractivity contribution is 0.122. The van der Waals surface area contributed by atoms with Crippen LogP contribution in [-0.4, -0.2) is 44.3 Å². The second-order valence-electron chi connectivity index (χ2n) is 3.59. The Morgan fingerprint density at radius 3 is 2.73 bits per heavy atom. The molecule has 5 nitrogen and oxygen atoms in total. The lowest BCUT2D eigenvalue weighted by Crippen LogP contribution is -2.36. The van der Waals surface area contributed by atoms with Crippen LogP contribution in [0.3, 0.4) is 0 Å². The van der Waals surface area contributed by atoms with Crippen molar-refractivity contribution in [2.75, 3.05) is 33.4 Å². The van der Waals surface area contributed by atoms with Gasteiger partial charge in [-0.2, -0.15) is 0 Å². The first-order chi connectivity index (χ1) is 7.26. The Balaban J connectivity index is 3.83. The fraction of sp³-hybridized carbons (Fsp3) is 1.00. The summed E-state index contributed by atoms with van der Waals surface area (Å²) < 4.78 is 5.07. The van der Waals surface area contributed by atoms with Crippen LogP contribution in [0.25, 0.3) is 10.4 Å². The highest BCUT2D eigenvalue weighted by Gasteiger charge is 2.10. The molecule has 0 fully saturated rings. The van der Waals surface area contributed by atoms with E-state index < -0.39 is 0 Å². The summed E-state index contributed by atoms with van der Waals surface area (Å²) in [6.45, 7) is 7.64. The summed E-state index contributed by atoms with van der Waals surface area (Å²) in [4.78, 5) is 5.11. The Labute approximate surface area is 92.0 Å². The number of methoxy groups -OCH3 is 1. The molecule has 0 rings (SSSR count). The molecule has 0 bridgehead atoms. The molecule has 0 spiro atoms. The van der Waals surface area contributed by atoms with Crippen LogP contribution in [0.15, 0.2) is 5.11 Å². The van der Waals surface area contributed by atoms with E-state index in [1.165, 1.54) is 0 Å². The summed E-state index contributed by atoms with van der Waals surface area (Å²) in [7, 11) is 1.72. The smallest absolute Gasteiger partial charge is 0.0589 e. The van der Waals surface area contributed by atoms with Crippen molar-refractivity contribution in [1.29, 1.82) is 0 Å². The molecule has 0 heterocycles. The summed E-state index contributed by atoms with van der Waals surface area (Å²) in [6, 6.07) is 0.561. The second kappa shape index (κ2) is 9.77. The van der Waals surface area contributed by atoms with Crippen molar-refractivity contribution in [3.05, 3.63) is 10.4 Å². The van der Waals surface area contributed by atoms with Crippen LogP contribution in [0.2, 0.25) is 0 Å². The van der Waals surface area contributed by atoms with Crippen molar-refractivity contribution in [1.82, 2.24) is 4.90 Å². The molecule has 0 aromatic carbocycles. The standard InChI is InChI=1S/C10H22N4O/c1-4-10(2)14(8-9-15-3)7-5-6-12-13-11/h10H,4-9H2,1-3H3. The normalized spacial score (nSPS) is 12.5. The fourth-order valence-electron chi connectivity index (χ4n) is 1.41. The van der Waals surface area contributed by atoms with E-state index in [-0.39, 0.29) is 0 Å². The number of azide groups is 1. The first-order valence-corrected chi connectivity index (χ1v) is 5.50. The Hall–Kier alpha value is -0.770. The van der Waals surface area contributed by atoms with E-state index in [1.807, 2.05) is 0 Å². The first-order valence-electron chi connectivity index (χ1n) is 5.50. The topological polar surface area (TPSA) is 61.2 Å². The van der Waals surface area contributed by atoms with Gasteiger partial charge in [0.2, 0.25) is 0 Å². The van der Waals surface area contributed by atoms with Gasteiger partial charge in [0.25, 0.3) is 0 Å². The minimum atomic E-state index is 0.561. The van der Waals surface area contributed by atoms with Gasteiger partial charge in [0, 0.05) is 31.2 Å². The third-order valence-corrected chi connectivity index (χ3v) is 2.56. The molecule has 0 amide bonds. The monoisotopic (exact) mass is 214 g/mol. The number of hydrogen-bond acceptors (Lipinski definition) is 3. The van der Waals surface area contributed by atoms with Gasteiger partial charge in [-0.05, 0) is 31.8 Å². The number of nitrogens with zero attached hydrogens (tertiary/aromatic N) is 4. The van der Waals surface area contributed by atoms with Crippen LogP contribution in [-0.2, 0) is 4.74 Å². The number of rotatable bonds is 9. The molecule has 0 aromatic heterocycles. The minimum Gasteiger partial charge on any atom is -0.383 e. The SMILES string of the molecule is CCC(C)N(CCCN=[N+]=[N-])CCOC. The molecule has 0 aliphatic rings. The van der Waals surface area contributed by atoms with Gasteiger partial charge in [-0.3, -0.25) is 4.90 Å². The highest BCUT2D eigenvalue weighted by atomic mass is 16.5. The Morgan fingerprint density at radius 1 is 1.47 bits per heavy atom. The molecule has 0 aliphatic heterocycles. The molecule has 88 valence electrons. The van der Waals surface area contributed by atoms with Crippen LogP contribution in [0.4, 0.5) is 0 Å². The van der Waals surface area contributed by atoms with Crippen molar-refractivity contribution < 1.29 is 4.74 Å². The molecule has 0 saturated heterocycles. The summed E-state index contributed by atoms with van der Waals surface area (Å²) in [6.07, 6.45) is 2.04. The Bertz CT molecular complexity index is 192. The van der Waals surface area contributed by atoms with Gasteiger partial charge in [-0.25, -0.2) is 0 Å². The van der Waals surface area contributed by atoms with E-state index in [0.29, 0.717) is 12.6 Å². The van der Waals surface area contributed by atoms with E-state index in [0.717, 1.165) is 32.5 Å². The molecule has 1 atom stereocenters. The second-order valence-corrected chi connectivity index (χ2v) is 3.59. The van der Waals surface area contributed by atoms with E-state index in [2.05, 4.69) is 28.8 Å². The Kier molecular flexibility index (Phi) is 9.27. The lowest BCUT2D eigenvalue weighted by atomic mass is 10.2. The highest BCUT2D eigenvalue weighted by Crippen LogP contribution is 2.04. The van der Waals surface area contributed by atoms with Crippen molar-refractivity contribution in [3.8, 4) is 0 Å². The molecule has 0 saturated carbocycles. The quantitative estimate of drug-likeness (QED) is 0.256. The van der Waals surface area contributed by atoms with Gasteiger partial charge in [0.15, 0.2) is 0 Å².